The van der Waals surface area contributed by atoms with Gasteiger partial charge in [0.15, 0.2) is 0 Å². The zero-order chi connectivity index (χ0) is 16.9. The third kappa shape index (κ3) is 2.72. The van der Waals surface area contributed by atoms with Crippen molar-refractivity contribution < 1.29 is 22.5 Å². The van der Waals surface area contributed by atoms with Crippen LogP contribution in [0.3, 0.4) is 0 Å². The fourth-order valence-electron chi connectivity index (χ4n) is 2.17. The molecule has 0 atom stereocenters. The lowest BCUT2D eigenvalue weighted by atomic mass is 9.77. The summed E-state index contributed by atoms with van der Waals surface area (Å²) in [4.78, 5) is 0. The van der Waals surface area contributed by atoms with E-state index < -0.39 is 35.7 Å². The van der Waals surface area contributed by atoms with E-state index in [0.717, 1.165) is 12.3 Å². The molecule has 1 aliphatic heterocycles. The summed E-state index contributed by atoms with van der Waals surface area (Å²) in [7, 11) is -0.939. The molecule has 1 saturated heterocycles. The van der Waals surface area contributed by atoms with Crippen LogP contribution in [0.1, 0.15) is 38.8 Å². The van der Waals surface area contributed by atoms with Crippen LogP contribution in [0.15, 0.2) is 12.1 Å². The molecule has 0 unspecified atom stereocenters. The molecule has 0 saturated carbocycles. The summed E-state index contributed by atoms with van der Waals surface area (Å²) < 4.78 is 50.8. The highest BCUT2D eigenvalue weighted by Crippen LogP contribution is 2.38. The van der Waals surface area contributed by atoms with E-state index >= 15 is 0 Å². The largest absolute Gasteiger partial charge is 0.494 e. The lowest BCUT2D eigenvalue weighted by Crippen LogP contribution is -2.41. The van der Waals surface area contributed by atoms with E-state index in [0.29, 0.717) is 0 Å². The first kappa shape index (κ1) is 16.8. The monoisotopic (exact) mass is 314 g/mol. The number of nitrogens with two attached hydrogens (primary N) is 1. The second-order valence-corrected chi connectivity index (χ2v) is 6.30. The number of nitrogen functional groups attached to an aromatic ring is 1. The van der Waals surface area contributed by atoms with Crippen molar-refractivity contribution in [2.45, 2.75) is 45.1 Å². The minimum atomic E-state index is -4.61. The lowest BCUT2D eigenvalue weighted by Gasteiger charge is -2.32. The first-order valence-electron chi connectivity index (χ1n) is 6.76. The number of hydrogen-bond acceptors (Lipinski definition) is 4. The van der Waals surface area contributed by atoms with Gasteiger partial charge in [0.05, 0.1) is 22.5 Å². The van der Waals surface area contributed by atoms with Gasteiger partial charge in [-0.05, 0) is 39.2 Å². The van der Waals surface area contributed by atoms with Crippen molar-refractivity contribution in [3.05, 3.63) is 23.3 Å². The molecule has 2 rings (SSSR count). The molecule has 3 N–H and O–H groups in total. The van der Waals surface area contributed by atoms with Crippen LogP contribution in [0, 0.1) is 5.41 Å². The Morgan fingerprint density at radius 1 is 1.14 bits per heavy atom. The Morgan fingerprint density at radius 2 is 1.64 bits per heavy atom. The first-order valence-corrected chi connectivity index (χ1v) is 6.76. The van der Waals surface area contributed by atoms with Gasteiger partial charge in [0.1, 0.15) is 0 Å². The molecule has 0 aromatic heterocycles. The summed E-state index contributed by atoms with van der Waals surface area (Å²) in [6.45, 7) is 7.25. The highest BCUT2D eigenvalue weighted by atomic mass is 19.4. The van der Waals surface area contributed by atoms with Crippen LogP contribution in [-0.4, -0.2) is 24.5 Å². The normalized spacial score (nSPS) is 20.2. The van der Waals surface area contributed by atoms with Gasteiger partial charge in [-0.15, -0.1) is 0 Å². The number of anilines is 1. The number of nitrogens with one attached hydrogen (secondary N) is 1. The van der Waals surface area contributed by atoms with Gasteiger partial charge in [0.25, 0.3) is 0 Å². The Morgan fingerprint density at radius 3 is 2.05 bits per heavy atom. The summed E-state index contributed by atoms with van der Waals surface area (Å²) >= 11 is 0. The van der Waals surface area contributed by atoms with Crippen LogP contribution in [0.4, 0.5) is 18.9 Å². The third-order valence-electron chi connectivity index (χ3n) is 4.22. The van der Waals surface area contributed by atoms with E-state index in [4.69, 9.17) is 20.5 Å². The van der Waals surface area contributed by atoms with Crippen molar-refractivity contribution in [2.24, 2.45) is 0 Å². The molecule has 0 bridgehead atoms. The minimum absolute atomic E-state index is 0.0143. The van der Waals surface area contributed by atoms with Crippen molar-refractivity contribution >= 4 is 24.5 Å². The maximum atomic E-state index is 13.1. The van der Waals surface area contributed by atoms with Crippen molar-refractivity contribution in [1.82, 2.24) is 0 Å². The van der Waals surface area contributed by atoms with Gasteiger partial charge in [0, 0.05) is 11.8 Å². The average molecular weight is 314 g/mol. The van der Waals surface area contributed by atoms with Crippen molar-refractivity contribution in [3.63, 3.8) is 0 Å². The Balaban J connectivity index is 2.52. The smallest absolute Gasteiger partial charge is 0.399 e. The Bertz CT molecular complexity index is 599. The van der Waals surface area contributed by atoms with Crippen LogP contribution in [0.5, 0.6) is 0 Å². The van der Waals surface area contributed by atoms with E-state index in [1.165, 1.54) is 6.07 Å². The highest BCUT2D eigenvalue weighted by molar-refractivity contribution is 6.62. The predicted molar refractivity (Wildman–Crippen MR) is 79.5 cm³/mol. The van der Waals surface area contributed by atoms with Crippen LogP contribution in [-0.2, 0) is 15.5 Å². The Hall–Kier alpha value is -1.54. The van der Waals surface area contributed by atoms with E-state index in [-0.39, 0.29) is 11.0 Å². The molecule has 8 heteroatoms. The van der Waals surface area contributed by atoms with E-state index in [1.54, 1.807) is 0 Å². The summed E-state index contributed by atoms with van der Waals surface area (Å²) in [6, 6.07) is 2.31. The summed E-state index contributed by atoms with van der Waals surface area (Å²) in [5.74, 6) is 0. The van der Waals surface area contributed by atoms with Gasteiger partial charge < -0.3 is 20.5 Å². The molecule has 22 heavy (non-hydrogen) atoms. The molecule has 1 aromatic carbocycles. The third-order valence-corrected chi connectivity index (χ3v) is 4.22. The minimum Gasteiger partial charge on any atom is -0.399 e. The van der Waals surface area contributed by atoms with Crippen LogP contribution in [0.25, 0.3) is 0 Å². The molecule has 4 nitrogen and oxygen atoms in total. The topological polar surface area (TPSA) is 68.3 Å². The molecule has 1 aliphatic rings. The molecule has 1 fully saturated rings. The molecule has 0 radical (unpaired) electrons. The number of hydrogen-bond donors (Lipinski definition) is 2. The lowest BCUT2D eigenvalue weighted by molar-refractivity contribution is -0.136. The van der Waals surface area contributed by atoms with Crippen LogP contribution >= 0.6 is 0 Å². The maximum Gasteiger partial charge on any atom is 0.494 e. The van der Waals surface area contributed by atoms with Crippen molar-refractivity contribution in [1.29, 1.82) is 5.41 Å². The maximum absolute atomic E-state index is 13.1. The fraction of sp³-hybridized carbons (Fsp3) is 0.500. The summed E-state index contributed by atoms with van der Waals surface area (Å²) in [5, 5.41) is 7.26. The van der Waals surface area contributed by atoms with Gasteiger partial charge in [-0.1, -0.05) is 6.07 Å². The second kappa shape index (κ2) is 4.99. The molecule has 1 aromatic rings. The summed E-state index contributed by atoms with van der Waals surface area (Å²) in [5.41, 5.74) is 2.89. The average Bonchev–Trinajstić information content (AvgIpc) is 2.57. The molecule has 0 spiro atoms. The zero-order valence-corrected chi connectivity index (χ0v) is 12.8. The van der Waals surface area contributed by atoms with Crippen molar-refractivity contribution in [2.75, 3.05) is 5.73 Å². The van der Waals surface area contributed by atoms with Gasteiger partial charge in [0.2, 0.25) is 0 Å². The predicted octanol–water partition coefficient (Wildman–Crippen LogP) is 2.58. The van der Waals surface area contributed by atoms with Crippen LogP contribution < -0.4 is 11.2 Å². The van der Waals surface area contributed by atoms with Crippen LogP contribution in [0.2, 0.25) is 0 Å². The van der Waals surface area contributed by atoms with E-state index in [9.17, 15) is 13.2 Å². The molecular formula is C14H18BF3N2O2. The standard InChI is InChI=1S/C14H18BF3N2O2/c1-12(2)13(3,4)22-15(21-12)9-5-8(7-19)11(20)10(6-9)14(16,17)18/h5-7,19H,20H2,1-4H3. The molecule has 1 heterocycles. The highest BCUT2D eigenvalue weighted by Gasteiger charge is 2.52. The van der Waals surface area contributed by atoms with Gasteiger partial charge >= 0.3 is 13.3 Å². The first-order chi connectivity index (χ1) is 9.89. The van der Waals surface area contributed by atoms with Gasteiger partial charge in [-0.25, -0.2) is 0 Å². The number of halogens is 3. The Labute approximate surface area is 127 Å². The van der Waals surface area contributed by atoms with Gasteiger partial charge in [-0.2, -0.15) is 13.2 Å². The second-order valence-electron chi connectivity index (χ2n) is 6.30. The number of benzene rings is 1. The van der Waals surface area contributed by atoms with Crippen molar-refractivity contribution in [3.8, 4) is 0 Å². The summed E-state index contributed by atoms with van der Waals surface area (Å²) in [6.07, 6.45) is -3.82. The molecule has 0 amide bonds. The molecule has 0 aliphatic carbocycles. The molecule has 120 valence electrons. The Kier molecular flexibility index (Phi) is 3.82. The van der Waals surface area contributed by atoms with E-state index in [2.05, 4.69) is 0 Å². The fourth-order valence-corrected chi connectivity index (χ4v) is 2.17. The quantitative estimate of drug-likeness (QED) is 0.501. The molecular weight excluding hydrogens is 296 g/mol. The number of rotatable bonds is 2. The SMILES string of the molecule is CC1(C)OB(c2cc(C=N)c(N)c(C(F)(F)F)c2)OC1(C)C. The number of alkyl halides is 3. The van der Waals surface area contributed by atoms with Gasteiger partial charge in [-0.3, -0.25) is 0 Å². The zero-order valence-electron chi connectivity index (χ0n) is 12.8. The van der Waals surface area contributed by atoms with E-state index in [1.807, 2.05) is 27.7 Å².